The van der Waals surface area contributed by atoms with Gasteiger partial charge >= 0.3 is 0 Å². The van der Waals surface area contributed by atoms with Gasteiger partial charge in [-0.25, -0.2) is 0 Å². The van der Waals surface area contributed by atoms with Crippen LogP contribution in [0.4, 0.5) is 0 Å². The Morgan fingerprint density at radius 3 is 2.38 bits per heavy atom. The third-order valence-corrected chi connectivity index (χ3v) is 7.17. The molecule has 1 atom stereocenters. The predicted octanol–water partition coefficient (Wildman–Crippen LogP) is 4.72. The average Bonchev–Trinajstić information content (AvgIpc) is 3.21. The number of aliphatic hydroxyl groups is 1. The molecule has 39 heavy (non-hydrogen) atoms. The molecule has 0 saturated carbocycles. The molecule has 1 unspecified atom stereocenters. The van der Waals surface area contributed by atoms with E-state index < -0.39 is 17.7 Å². The van der Waals surface area contributed by atoms with Crippen LogP contribution in [0.15, 0.2) is 48.0 Å². The summed E-state index contributed by atoms with van der Waals surface area (Å²) in [5.41, 5.74) is 2.18. The van der Waals surface area contributed by atoms with Crippen molar-refractivity contribution in [3.05, 3.63) is 64.7 Å². The Morgan fingerprint density at radius 2 is 1.72 bits per heavy atom. The standard InChI is InChI=1S/C31H40N2O6/c1-4-6-18-38-25-10-7-23(8-11-25)28-27(29(34)24-9-12-26(22(3)21-24)39-17-5-2)30(35)31(36)33(28)14-13-32-15-19-37-20-16-32/h7-12,21,28,34H,4-6,13-20H2,1-3H3/b29-27+. The maximum atomic E-state index is 13.4. The van der Waals surface area contributed by atoms with Crippen molar-refractivity contribution >= 4 is 17.4 Å². The van der Waals surface area contributed by atoms with Crippen molar-refractivity contribution in [3.8, 4) is 11.5 Å². The Labute approximate surface area is 231 Å². The Bertz CT molecular complexity index is 1170. The molecule has 2 heterocycles. The molecule has 4 rings (SSSR count). The summed E-state index contributed by atoms with van der Waals surface area (Å²) < 4.78 is 17.0. The van der Waals surface area contributed by atoms with Crippen LogP contribution in [0, 0.1) is 6.92 Å². The van der Waals surface area contributed by atoms with Crippen molar-refractivity contribution in [3.63, 3.8) is 0 Å². The molecule has 2 aliphatic heterocycles. The number of amides is 1. The normalized spacial score (nSPS) is 19.5. The van der Waals surface area contributed by atoms with Gasteiger partial charge in [0.1, 0.15) is 17.3 Å². The molecular weight excluding hydrogens is 496 g/mol. The molecule has 0 radical (unpaired) electrons. The number of aliphatic hydroxyl groups excluding tert-OH is 1. The molecule has 8 heteroatoms. The lowest BCUT2D eigenvalue weighted by Gasteiger charge is -2.31. The van der Waals surface area contributed by atoms with Gasteiger partial charge < -0.3 is 24.2 Å². The second-order valence-corrected chi connectivity index (χ2v) is 10.0. The van der Waals surface area contributed by atoms with E-state index in [1.54, 1.807) is 23.1 Å². The summed E-state index contributed by atoms with van der Waals surface area (Å²) in [4.78, 5) is 30.5. The molecule has 0 bridgehead atoms. The number of nitrogens with zero attached hydrogens (tertiary/aromatic N) is 2. The lowest BCUT2D eigenvalue weighted by molar-refractivity contribution is -0.140. The van der Waals surface area contributed by atoms with Crippen molar-refractivity contribution in [2.24, 2.45) is 0 Å². The van der Waals surface area contributed by atoms with E-state index in [1.807, 2.05) is 38.1 Å². The molecular formula is C31H40N2O6. The molecule has 8 nitrogen and oxygen atoms in total. The van der Waals surface area contributed by atoms with Gasteiger partial charge in [0.05, 0.1) is 38.0 Å². The van der Waals surface area contributed by atoms with Gasteiger partial charge in [-0.2, -0.15) is 0 Å². The lowest BCUT2D eigenvalue weighted by Crippen LogP contribution is -2.42. The van der Waals surface area contributed by atoms with E-state index in [4.69, 9.17) is 14.2 Å². The summed E-state index contributed by atoms with van der Waals surface area (Å²) in [7, 11) is 0. The average molecular weight is 537 g/mol. The number of Topliss-reactive ketones (excluding diaryl/α,β-unsaturated/α-hetero) is 1. The van der Waals surface area contributed by atoms with Crippen LogP contribution in [0.25, 0.3) is 5.76 Å². The summed E-state index contributed by atoms with van der Waals surface area (Å²) in [6.07, 6.45) is 2.89. The number of ether oxygens (including phenoxy) is 3. The number of hydrogen-bond acceptors (Lipinski definition) is 7. The van der Waals surface area contributed by atoms with Gasteiger partial charge in [0.25, 0.3) is 11.7 Å². The van der Waals surface area contributed by atoms with Crippen LogP contribution < -0.4 is 9.47 Å². The highest BCUT2D eigenvalue weighted by Crippen LogP contribution is 2.40. The van der Waals surface area contributed by atoms with Crippen molar-refractivity contribution in [1.29, 1.82) is 0 Å². The summed E-state index contributed by atoms with van der Waals surface area (Å²) in [6, 6.07) is 12.1. The van der Waals surface area contributed by atoms with Crippen LogP contribution in [-0.2, 0) is 14.3 Å². The third kappa shape index (κ3) is 6.81. The number of hydrogen-bond donors (Lipinski definition) is 1. The first-order chi connectivity index (χ1) is 18.9. The second kappa shape index (κ2) is 13.6. The number of carbonyl (C=O) groups excluding carboxylic acids is 2. The van der Waals surface area contributed by atoms with E-state index in [-0.39, 0.29) is 11.3 Å². The van der Waals surface area contributed by atoms with Crippen molar-refractivity contribution < 1.29 is 28.9 Å². The number of carbonyl (C=O) groups is 2. The maximum absolute atomic E-state index is 13.4. The van der Waals surface area contributed by atoms with Gasteiger partial charge in [-0.3, -0.25) is 14.5 Å². The summed E-state index contributed by atoms with van der Waals surface area (Å²) in [6.45, 7) is 11.1. The van der Waals surface area contributed by atoms with Crippen molar-refractivity contribution in [1.82, 2.24) is 9.80 Å². The summed E-state index contributed by atoms with van der Waals surface area (Å²) >= 11 is 0. The fourth-order valence-corrected chi connectivity index (χ4v) is 4.94. The first kappa shape index (κ1) is 28.6. The number of morpholine rings is 1. The van der Waals surface area contributed by atoms with Crippen LogP contribution in [0.2, 0.25) is 0 Å². The van der Waals surface area contributed by atoms with Gasteiger partial charge in [-0.15, -0.1) is 0 Å². The zero-order valence-corrected chi connectivity index (χ0v) is 23.3. The molecule has 0 spiro atoms. The highest BCUT2D eigenvalue weighted by Gasteiger charge is 2.46. The highest BCUT2D eigenvalue weighted by molar-refractivity contribution is 6.46. The fourth-order valence-electron chi connectivity index (χ4n) is 4.94. The number of ketones is 1. The number of benzene rings is 2. The van der Waals surface area contributed by atoms with Crippen LogP contribution >= 0.6 is 0 Å². The highest BCUT2D eigenvalue weighted by atomic mass is 16.5. The third-order valence-electron chi connectivity index (χ3n) is 7.17. The van der Waals surface area contributed by atoms with Crippen LogP contribution in [0.5, 0.6) is 11.5 Å². The predicted molar refractivity (Wildman–Crippen MR) is 150 cm³/mol. The van der Waals surface area contributed by atoms with E-state index in [2.05, 4.69) is 11.8 Å². The van der Waals surface area contributed by atoms with E-state index in [9.17, 15) is 14.7 Å². The van der Waals surface area contributed by atoms with Crippen LogP contribution in [0.1, 0.15) is 55.8 Å². The summed E-state index contributed by atoms with van der Waals surface area (Å²) in [5, 5.41) is 11.5. The Hall–Kier alpha value is -3.36. The molecule has 2 fully saturated rings. The molecule has 2 saturated heterocycles. The second-order valence-electron chi connectivity index (χ2n) is 10.0. The number of likely N-dealkylation sites (tertiary alicyclic amines) is 1. The minimum Gasteiger partial charge on any atom is -0.507 e. The Kier molecular flexibility index (Phi) is 10.0. The number of aryl methyl sites for hydroxylation is 1. The smallest absolute Gasteiger partial charge is 0.295 e. The molecule has 0 aliphatic carbocycles. The van der Waals surface area contributed by atoms with Gasteiger partial charge in [0, 0.05) is 31.7 Å². The lowest BCUT2D eigenvalue weighted by atomic mass is 9.94. The van der Waals surface area contributed by atoms with Crippen LogP contribution in [-0.4, -0.2) is 79.2 Å². The van der Waals surface area contributed by atoms with E-state index in [0.29, 0.717) is 45.1 Å². The fraction of sp³-hybridized carbons (Fsp3) is 0.484. The molecule has 1 N–H and O–H groups in total. The Morgan fingerprint density at radius 1 is 0.974 bits per heavy atom. The molecule has 2 aliphatic rings. The first-order valence-corrected chi connectivity index (χ1v) is 14.0. The van der Waals surface area contributed by atoms with Gasteiger partial charge in [0.15, 0.2) is 0 Å². The van der Waals surface area contributed by atoms with Crippen LogP contribution in [0.3, 0.4) is 0 Å². The monoisotopic (exact) mass is 536 g/mol. The van der Waals surface area contributed by atoms with Gasteiger partial charge in [-0.05, 0) is 61.2 Å². The molecule has 2 aromatic rings. The number of unbranched alkanes of at least 4 members (excludes halogenated alkanes) is 1. The SMILES string of the molecule is CCCCOc1ccc(C2/C(=C(\O)c3ccc(OCCC)c(C)c3)C(=O)C(=O)N2CCN2CCOCC2)cc1. The summed E-state index contributed by atoms with van der Waals surface area (Å²) in [5.74, 6) is 0.00962. The van der Waals surface area contributed by atoms with Crippen molar-refractivity contribution in [2.45, 2.75) is 46.1 Å². The molecule has 210 valence electrons. The molecule has 0 aromatic heterocycles. The molecule has 1 amide bonds. The Balaban J connectivity index is 1.68. The maximum Gasteiger partial charge on any atom is 0.295 e. The number of rotatable bonds is 12. The minimum atomic E-state index is -0.702. The van der Waals surface area contributed by atoms with Gasteiger partial charge in [0.2, 0.25) is 0 Å². The first-order valence-electron chi connectivity index (χ1n) is 14.0. The zero-order chi connectivity index (χ0) is 27.8. The van der Waals surface area contributed by atoms with Crippen molar-refractivity contribution in [2.75, 3.05) is 52.6 Å². The largest absolute Gasteiger partial charge is 0.507 e. The quantitative estimate of drug-likeness (QED) is 0.182. The molecule has 2 aromatic carbocycles. The van der Waals surface area contributed by atoms with E-state index >= 15 is 0 Å². The van der Waals surface area contributed by atoms with E-state index in [0.717, 1.165) is 55.0 Å². The van der Waals surface area contributed by atoms with E-state index in [1.165, 1.54) is 0 Å². The minimum absolute atomic E-state index is 0.100. The zero-order valence-electron chi connectivity index (χ0n) is 23.3. The van der Waals surface area contributed by atoms with Gasteiger partial charge in [-0.1, -0.05) is 32.4 Å². The topological polar surface area (TPSA) is 88.5 Å².